The highest BCUT2D eigenvalue weighted by Gasteiger charge is 2.16. The van der Waals surface area contributed by atoms with Crippen LogP contribution in [-0.2, 0) is 4.74 Å². The van der Waals surface area contributed by atoms with Gasteiger partial charge < -0.3 is 10.1 Å². The predicted molar refractivity (Wildman–Crippen MR) is 99.5 cm³/mol. The third-order valence-corrected chi connectivity index (χ3v) is 4.66. The molecule has 0 bridgehead atoms. The highest BCUT2D eigenvalue weighted by molar-refractivity contribution is 5.33. The van der Waals surface area contributed by atoms with Crippen LogP contribution in [0, 0.1) is 13.8 Å². The van der Waals surface area contributed by atoms with Gasteiger partial charge in [0, 0.05) is 32.7 Å². The molecule has 3 heteroatoms. The van der Waals surface area contributed by atoms with E-state index in [2.05, 4.69) is 72.6 Å². The summed E-state index contributed by atoms with van der Waals surface area (Å²) in [6, 6.07) is 17.4. The fourth-order valence-corrected chi connectivity index (χ4v) is 3.10. The Balaban J connectivity index is 1.69. The van der Waals surface area contributed by atoms with E-state index in [0.717, 1.165) is 39.3 Å². The largest absolute Gasteiger partial charge is 0.367 e. The van der Waals surface area contributed by atoms with Crippen LogP contribution in [0.3, 0.4) is 0 Å². The summed E-state index contributed by atoms with van der Waals surface area (Å²) in [5.41, 5.74) is 5.01. The Kier molecular flexibility index (Phi) is 6.02. The van der Waals surface area contributed by atoms with Gasteiger partial charge >= 0.3 is 0 Å². The molecule has 1 aliphatic heterocycles. The van der Waals surface area contributed by atoms with Crippen LogP contribution in [-0.4, -0.2) is 44.2 Å². The first-order valence-electron chi connectivity index (χ1n) is 8.90. The Morgan fingerprint density at radius 2 is 1.38 bits per heavy atom. The van der Waals surface area contributed by atoms with Gasteiger partial charge in [-0.25, -0.2) is 0 Å². The molecule has 0 aliphatic carbocycles. The maximum atomic E-state index is 6.33. The molecule has 0 unspecified atom stereocenters. The van der Waals surface area contributed by atoms with E-state index in [1.54, 1.807) is 0 Å². The zero-order valence-electron chi connectivity index (χ0n) is 14.8. The van der Waals surface area contributed by atoms with E-state index in [4.69, 9.17) is 4.74 Å². The average Bonchev–Trinajstić information content (AvgIpc) is 2.62. The number of nitrogens with one attached hydrogen (secondary N) is 1. The molecule has 0 atom stereocenters. The van der Waals surface area contributed by atoms with Crippen LogP contribution in [0.25, 0.3) is 0 Å². The maximum Gasteiger partial charge on any atom is 0.108 e. The number of benzene rings is 2. The van der Waals surface area contributed by atoms with Gasteiger partial charge in [-0.1, -0.05) is 59.7 Å². The number of hydrogen-bond donors (Lipinski definition) is 1. The molecule has 128 valence electrons. The molecule has 3 nitrogen and oxygen atoms in total. The van der Waals surface area contributed by atoms with Crippen molar-refractivity contribution < 1.29 is 4.74 Å². The van der Waals surface area contributed by atoms with Gasteiger partial charge in [0.25, 0.3) is 0 Å². The number of hydrogen-bond acceptors (Lipinski definition) is 3. The molecule has 1 heterocycles. The van der Waals surface area contributed by atoms with E-state index in [1.807, 2.05) is 0 Å². The summed E-state index contributed by atoms with van der Waals surface area (Å²) in [4.78, 5) is 2.47. The number of piperazine rings is 1. The SMILES string of the molecule is Cc1ccc(C(OCCN2CCNCC2)c2ccc(C)cc2)cc1. The normalized spacial score (nSPS) is 15.8. The van der Waals surface area contributed by atoms with Crippen LogP contribution in [0.4, 0.5) is 0 Å². The van der Waals surface area contributed by atoms with Gasteiger partial charge in [-0.15, -0.1) is 0 Å². The molecule has 0 radical (unpaired) electrons. The molecular formula is C21H28N2O. The second kappa shape index (κ2) is 8.43. The Hall–Kier alpha value is -1.68. The van der Waals surface area contributed by atoms with Crippen molar-refractivity contribution in [2.24, 2.45) is 0 Å². The molecule has 0 aromatic heterocycles. The van der Waals surface area contributed by atoms with E-state index in [0.29, 0.717) is 0 Å². The summed E-state index contributed by atoms with van der Waals surface area (Å²) in [7, 11) is 0. The van der Waals surface area contributed by atoms with Crippen molar-refractivity contribution in [2.75, 3.05) is 39.3 Å². The zero-order chi connectivity index (χ0) is 16.8. The summed E-state index contributed by atoms with van der Waals surface area (Å²) < 4.78 is 6.33. The van der Waals surface area contributed by atoms with Crippen LogP contribution >= 0.6 is 0 Å². The van der Waals surface area contributed by atoms with E-state index in [1.165, 1.54) is 22.3 Å². The van der Waals surface area contributed by atoms with Gasteiger partial charge in [0.1, 0.15) is 6.10 Å². The smallest absolute Gasteiger partial charge is 0.108 e. The van der Waals surface area contributed by atoms with E-state index >= 15 is 0 Å². The molecule has 1 fully saturated rings. The number of nitrogens with zero attached hydrogens (tertiary/aromatic N) is 1. The molecule has 0 saturated carbocycles. The van der Waals surface area contributed by atoms with E-state index in [9.17, 15) is 0 Å². The number of rotatable bonds is 6. The van der Waals surface area contributed by atoms with Crippen molar-refractivity contribution in [1.82, 2.24) is 10.2 Å². The third-order valence-electron chi connectivity index (χ3n) is 4.66. The van der Waals surface area contributed by atoms with Crippen LogP contribution in [0.5, 0.6) is 0 Å². The molecule has 1 N–H and O–H groups in total. The highest BCUT2D eigenvalue weighted by Crippen LogP contribution is 2.26. The average molecular weight is 324 g/mol. The second-order valence-corrected chi connectivity index (χ2v) is 6.66. The lowest BCUT2D eigenvalue weighted by molar-refractivity contribution is 0.0573. The van der Waals surface area contributed by atoms with Crippen LogP contribution in [0.1, 0.15) is 28.4 Å². The van der Waals surface area contributed by atoms with Gasteiger partial charge in [-0.05, 0) is 25.0 Å². The quantitative estimate of drug-likeness (QED) is 0.882. The van der Waals surface area contributed by atoms with Gasteiger partial charge in [0.2, 0.25) is 0 Å². The molecular weight excluding hydrogens is 296 g/mol. The minimum absolute atomic E-state index is 0.00844. The fourth-order valence-electron chi connectivity index (χ4n) is 3.10. The Labute approximate surface area is 145 Å². The van der Waals surface area contributed by atoms with Gasteiger partial charge in [0.05, 0.1) is 6.61 Å². The lowest BCUT2D eigenvalue weighted by atomic mass is 9.99. The topological polar surface area (TPSA) is 24.5 Å². The minimum atomic E-state index is 0.00844. The van der Waals surface area contributed by atoms with Gasteiger partial charge in [0.15, 0.2) is 0 Å². The minimum Gasteiger partial charge on any atom is -0.367 e. The Morgan fingerprint density at radius 3 is 1.88 bits per heavy atom. The molecule has 0 amide bonds. The van der Waals surface area contributed by atoms with Gasteiger partial charge in [-0.2, -0.15) is 0 Å². The summed E-state index contributed by atoms with van der Waals surface area (Å²) in [5, 5.41) is 3.39. The second-order valence-electron chi connectivity index (χ2n) is 6.66. The molecule has 1 aliphatic rings. The van der Waals surface area contributed by atoms with Crippen molar-refractivity contribution >= 4 is 0 Å². The van der Waals surface area contributed by atoms with Crippen LogP contribution in [0.2, 0.25) is 0 Å². The predicted octanol–water partition coefficient (Wildman–Crippen LogP) is 3.31. The monoisotopic (exact) mass is 324 g/mol. The Morgan fingerprint density at radius 1 is 0.875 bits per heavy atom. The van der Waals surface area contributed by atoms with Crippen molar-refractivity contribution in [3.8, 4) is 0 Å². The first-order valence-corrected chi connectivity index (χ1v) is 8.90. The summed E-state index contributed by atoms with van der Waals surface area (Å²) in [5.74, 6) is 0. The van der Waals surface area contributed by atoms with Gasteiger partial charge in [-0.3, -0.25) is 4.90 Å². The number of ether oxygens (including phenoxy) is 1. The lowest BCUT2D eigenvalue weighted by Crippen LogP contribution is -2.44. The molecule has 2 aromatic carbocycles. The van der Waals surface area contributed by atoms with Crippen molar-refractivity contribution in [2.45, 2.75) is 20.0 Å². The number of aryl methyl sites for hydroxylation is 2. The molecule has 2 aromatic rings. The first-order chi connectivity index (χ1) is 11.7. The highest BCUT2D eigenvalue weighted by atomic mass is 16.5. The van der Waals surface area contributed by atoms with E-state index in [-0.39, 0.29) is 6.10 Å². The maximum absolute atomic E-state index is 6.33. The lowest BCUT2D eigenvalue weighted by Gasteiger charge is -2.28. The van der Waals surface area contributed by atoms with Crippen LogP contribution in [0.15, 0.2) is 48.5 Å². The third kappa shape index (κ3) is 4.67. The summed E-state index contributed by atoms with van der Waals surface area (Å²) >= 11 is 0. The van der Waals surface area contributed by atoms with Crippen molar-refractivity contribution in [1.29, 1.82) is 0 Å². The molecule has 1 saturated heterocycles. The van der Waals surface area contributed by atoms with Crippen molar-refractivity contribution in [3.63, 3.8) is 0 Å². The zero-order valence-corrected chi connectivity index (χ0v) is 14.8. The fraction of sp³-hybridized carbons (Fsp3) is 0.429. The summed E-state index contributed by atoms with van der Waals surface area (Å²) in [6.07, 6.45) is 0.00844. The summed E-state index contributed by atoms with van der Waals surface area (Å²) in [6.45, 7) is 10.4. The standard InChI is InChI=1S/C21H28N2O/c1-17-3-7-19(8-4-17)21(20-9-5-18(2)6-10-20)24-16-15-23-13-11-22-12-14-23/h3-10,21-22H,11-16H2,1-2H3. The molecule has 24 heavy (non-hydrogen) atoms. The Bertz CT molecular complexity index is 570. The molecule has 3 rings (SSSR count). The van der Waals surface area contributed by atoms with E-state index < -0.39 is 0 Å². The first kappa shape index (κ1) is 17.2. The van der Waals surface area contributed by atoms with Crippen LogP contribution < -0.4 is 5.32 Å². The van der Waals surface area contributed by atoms with Crippen molar-refractivity contribution in [3.05, 3.63) is 70.8 Å². The molecule has 0 spiro atoms.